The Morgan fingerprint density at radius 3 is 2.09 bits per heavy atom. The average Bonchev–Trinajstić information content (AvgIpc) is 3.11. The minimum absolute atomic E-state index is 0.162. The van der Waals surface area contributed by atoms with Crippen molar-refractivity contribution in [3.63, 3.8) is 0 Å². The molecule has 2 heterocycles. The summed E-state index contributed by atoms with van der Waals surface area (Å²) < 4.78 is 19.8. The van der Waals surface area contributed by atoms with Gasteiger partial charge in [-0.25, -0.2) is 8.96 Å². The van der Waals surface area contributed by atoms with E-state index in [0.29, 0.717) is 0 Å². The van der Waals surface area contributed by atoms with Crippen LogP contribution in [0.5, 0.6) is 0 Å². The van der Waals surface area contributed by atoms with E-state index in [-0.39, 0.29) is 11.7 Å². The van der Waals surface area contributed by atoms with E-state index < -0.39 is 0 Å². The molecule has 0 radical (unpaired) electrons. The molecule has 0 amide bonds. The Balaban J connectivity index is 2.14. The quantitative estimate of drug-likeness (QED) is 0.187. The van der Waals surface area contributed by atoms with E-state index in [4.69, 9.17) is 0 Å². The van der Waals surface area contributed by atoms with Gasteiger partial charge in [-0.05, 0) is 98.5 Å². The minimum atomic E-state index is -0.162. The molecule has 0 bridgehead atoms. The van der Waals surface area contributed by atoms with Gasteiger partial charge in [0.1, 0.15) is 17.0 Å². The van der Waals surface area contributed by atoms with Crippen LogP contribution in [-0.2, 0) is 7.05 Å². The molecule has 3 heteroatoms. The fraction of sp³-hybridized carbons (Fsp3) is 0.344. The SMILES string of the molecule is CCC(C)c1cc(F)cc2c3ccccc3[n+]3c(-c4c(C)c(C)c(C)c(C)c4C)c(C)n(C)c3c12. The predicted octanol–water partition coefficient (Wildman–Crippen LogP) is 8.24. The Morgan fingerprint density at radius 1 is 0.857 bits per heavy atom. The van der Waals surface area contributed by atoms with Gasteiger partial charge in [0.25, 0.3) is 5.65 Å². The Kier molecular flexibility index (Phi) is 5.51. The molecule has 5 rings (SSSR count). The number of hydrogen-bond acceptors (Lipinski definition) is 0. The van der Waals surface area contributed by atoms with Gasteiger partial charge >= 0.3 is 0 Å². The van der Waals surface area contributed by atoms with E-state index in [1.165, 1.54) is 44.8 Å². The van der Waals surface area contributed by atoms with Gasteiger partial charge in [-0.1, -0.05) is 32.0 Å². The van der Waals surface area contributed by atoms with E-state index in [2.05, 4.69) is 95.7 Å². The number of rotatable bonds is 3. The molecular formula is C32H36FN2+. The molecule has 0 fully saturated rings. The van der Waals surface area contributed by atoms with Crippen molar-refractivity contribution in [2.45, 2.75) is 67.7 Å². The number of para-hydroxylation sites is 1. The van der Waals surface area contributed by atoms with E-state index in [9.17, 15) is 4.39 Å². The molecule has 0 aliphatic rings. The first-order valence-electron chi connectivity index (χ1n) is 12.7. The van der Waals surface area contributed by atoms with Gasteiger partial charge in [0.05, 0.1) is 12.4 Å². The second kappa shape index (κ2) is 8.19. The van der Waals surface area contributed by atoms with Gasteiger partial charge in [-0.2, -0.15) is 4.40 Å². The zero-order valence-corrected chi connectivity index (χ0v) is 22.5. The van der Waals surface area contributed by atoms with Crippen LogP contribution in [-0.4, -0.2) is 4.57 Å². The van der Waals surface area contributed by atoms with Crippen molar-refractivity contribution in [1.82, 2.24) is 4.57 Å². The van der Waals surface area contributed by atoms with Gasteiger partial charge in [-0.15, -0.1) is 0 Å². The highest BCUT2D eigenvalue weighted by atomic mass is 19.1. The van der Waals surface area contributed by atoms with Crippen LogP contribution in [0.1, 0.15) is 65.3 Å². The molecule has 3 aromatic carbocycles. The second-order valence-electron chi connectivity index (χ2n) is 10.4. The normalized spacial score (nSPS) is 12.9. The van der Waals surface area contributed by atoms with Crippen LogP contribution in [0.4, 0.5) is 4.39 Å². The number of aromatic nitrogens is 2. The Hall–Kier alpha value is -3.20. The maximum atomic E-state index is 15.0. The van der Waals surface area contributed by atoms with Crippen LogP contribution in [0.15, 0.2) is 36.4 Å². The first kappa shape index (κ1) is 23.5. The third kappa shape index (κ3) is 3.17. The number of hydrogen-bond donors (Lipinski definition) is 0. The number of imidazole rings is 1. The molecule has 1 unspecified atom stereocenters. The standard InChI is InChI=1S/C32H36FN2/c1-10-17(2)26-15-24(33)16-27-25-13-11-12-14-28(25)35-31(23(8)34(9)32(35)30(26)27)29-21(6)19(4)18(3)20(5)22(29)7/h11-17H,10H2,1-9H3/q+1. The molecule has 1 atom stereocenters. The Bertz CT molecular complexity index is 1640. The first-order valence-corrected chi connectivity index (χ1v) is 12.7. The summed E-state index contributed by atoms with van der Waals surface area (Å²) in [5, 5.41) is 3.24. The molecule has 0 spiro atoms. The molecule has 35 heavy (non-hydrogen) atoms. The largest absolute Gasteiger partial charge is 0.295 e. The highest BCUT2D eigenvalue weighted by molar-refractivity contribution is 6.11. The summed E-state index contributed by atoms with van der Waals surface area (Å²) in [4.78, 5) is 0. The maximum Gasteiger partial charge on any atom is 0.295 e. The lowest BCUT2D eigenvalue weighted by molar-refractivity contribution is -0.467. The lowest BCUT2D eigenvalue weighted by Gasteiger charge is -2.18. The summed E-state index contributed by atoms with van der Waals surface area (Å²) in [5.41, 5.74) is 13.9. The van der Waals surface area contributed by atoms with Crippen molar-refractivity contribution in [3.05, 3.63) is 81.3 Å². The fourth-order valence-corrected chi connectivity index (χ4v) is 5.99. The Morgan fingerprint density at radius 2 is 1.46 bits per heavy atom. The molecule has 0 saturated carbocycles. The smallest absolute Gasteiger partial charge is 0.229 e. The molecule has 2 nitrogen and oxygen atoms in total. The Labute approximate surface area is 208 Å². The number of halogens is 1. The van der Waals surface area contributed by atoms with Crippen molar-refractivity contribution in [3.8, 4) is 11.3 Å². The molecule has 0 aliphatic carbocycles. The summed E-state index contributed by atoms with van der Waals surface area (Å²) >= 11 is 0. The van der Waals surface area contributed by atoms with E-state index in [1.54, 1.807) is 12.1 Å². The lowest BCUT2D eigenvalue weighted by atomic mass is 9.87. The highest BCUT2D eigenvalue weighted by Gasteiger charge is 2.31. The molecule has 180 valence electrons. The second-order valence-corrected chi connectivity index (χ2v) is 10.4. The summed E-state index contributed by atoms with van der Waals surface area (Å²) in [6.45, 7) is 17.8. The van der Waals surface area contributed by atoms with Crippen molar-refractivity contribution < 1.29 is 8.79 Å². The average molecular weight is 468 g/mol. The maximum absolute atomic E-state index is 15.0. The van der Waals surface area contributed by atoms with Crippen molar-refractivity contribution in [2.75, 3.05) is 0 Å². The van der Waals surface area contributed by atoms with Gasteiger partial charge in [0.15, 0.2) is 5.69 Å². The molecule has 2 aromatic heterocycles. The molecular weight excluding hydrogens is 431 g/mol. The van der Waals surface area contributed by atoms with Gasteiger partial charge in [0.2, 0.25) is 0 Å². The van der Waals surface area contributed by atoms with Crippen LogP contribution in [0, 0.1) is 47.4 Å². The minimum Gasteiger partial charge on any atom is -0.229 e. The summed E-state index contributed by atoms with van der Waals surface area (Å²) in [7, 11) is 2.16. The van der Waals surface area contributed by atoms with E-state index in [1.807, 2.05) is 0 Å². The number of pyridine rings is 1. The third-order valence-electron chi connectivity index (χ3n) is 8.77. The van der Waals surface area contributed by atoms with Crippen LogP contribution >= 0.6 is 0 Å². The van der Waals surface area contributed by atoms with Crippen LogP contribution in [0.25, 0.3) is 38.6 Å². The number of fused-ring (bicyclic) bond motifs is 6. The number of benzene rings is 3. The first-order chi connectivity index (χ1) is 16.6. The number of aryl methyl sites for hydroxylation is 1. The zero-order valence-electron chi connectivity index (χ0n) is 22.5. The highest BCUT2D eigenvalue weighted by Crippen LogP contribution is 2.39. The van der Waals surface area contributed by atoms with Crippen molar-refractivity contribution >= 4 is 27.3 Å². The fourth-order valence-electron chi connectivity index (χ4n) is 5.99. The van der Waals surface area contributed by atoms with E-state index >= 15 is 0 Å². The zero-order chi connectivity index (χ0) is 25.3. The van der Waals surface area contributed by atoms with Crippen molar-refractivity contribution in [1.29, 1.82) is 0 Å². The molecule has 0 saturated heterocycles. The summed E-state index contributed by atoms with van der Waals surface area (Å²) in [6, 6.07) is 12.0. The topological polar surface area (TPSA) is 9.03 Å². The molecule has 5 aromatic rings. The van der Waals surface area contributed by atoms with Gasteiger partial charge in [-0.3, -0.25) is 0 Å². The monoisotopic (exact) mass is 467 g/mol. The van der Waals surface area contributed by atoms with Gasteiger partial charge in [0, 0.05) is 23.3 Å². The predicted molar refractivity (Wildman–Crippen MR) is 146 cm³/mol. The van der Waals surface area contributed by atoms with E-state index in [0.717, 1.165) is 39.3 Å². The summed E-state index contributed by atoms with van der Waals surface area (Å²) in [5.74, 6) is 0.0917. The molecule has 0 N–H and O–H groups in total. The lowest BCUT2D eigenvalue weighted by Crippen LogP contribution is -2.26. The van der Waals surface area contributed by atoms with Crippen LogP contribution < -0.4 is 4.40 Å². The van der Waals surface area contributed by atoms with Gasteiger partial charge < -0.3 is 0 Å². The third-order valence-corrected chi connectivity index (χ3v) is 8.77. The van der Waals surface area contributed by atoms with Crippen LogP contribution in [0.2, 0.25) is 0 Å². The number of nitrogens with zero attached hydrogens (tertiary/aromatic N) is 2. The van der Waals surface area contributed by atoms with Crippen LogP contribution in [0.3, 0.4) is 0 Å². The summed E-state index contributed by atoms with van der Waals surface area (Å²) in [6.07, 6.45) is 0.961. The van der Waals surface area contributed by atoms with Crippen molar-refractivity contribution in [2.24, 2.45) is 7.05 Å². The molecule has 0 aliphatic heterocycles.